The van der Waals surface area contributed by atoms with E-state index in [0.29, 0.717) is 0 Å². The highest BCUT2D eigenvalue weighted by molar-refractivity contribution is 5.91. The first-order chi connectivity index (χ1) is 9.65. The van der Waals surface area contributed by atoms with Crippen molar-refractivity contribution in [3.05, 3.63) is 59.4 Å². The van der Waals surface area contributed by atoms with Gasteiger partial charge in [-0.15, -0.1) is 0 Å². The predicted molar refractivity (Wildman–Crippen MR) is 83.5 cm³/mol. The molecule has 2 aromatic carbocycles. The first-order valence-electron chi connectivity index (χ1n) is 6.70. The van der Waals surface area contributed by atoms with Crippen LogP contribution in [-0.2, 0) is 0 Å². The van der Waals surface area contributed by atoms with Crippen LogP contribution in [0.15, 0.2) is 42.7 Å². The lowest BCUT2D eigenvalue weighted by Gasteiger charge is -2.11. The lowest BCUT2D eigenvalue weighted by molar-refractivity contribution is 1.21. The van der Waals surface area contributed by atoms with Crippen LogP contribution in [0.3, 0.4) is 0 Å². The van der Waals surface area contributed by atoms with E-state index in [1.807, 2.05) is 12.1 Å². The third-order valence-electron chi connectivity index (χ3n) is 3.65. The van der Waals surface area contributed by atoms with Gasteiger partial charge in [0.25, 0.3) is 0 Å². The van der Waals surface area contributed by atoms with Gasteiger partial charge in [0.1, 0.15) is 12.1 Å². The van der Waals surface area contributed by atoms with Gasteiger partial charge in [0.05, 0.1) is 5.52 Å². The number of nitrogens with zero attached hydrogens (tertiary/aromatic N) is 2. The number of benzene rings is 2. The first kappa shape index (κ1) is 12.6. The van der Waals surface area contributed by atoms with E-state index in [0.717, 1.165) is 22.4 Å². The molecule has 1 heterocycles. The second-order valence-corrected chi connectivity index (χ2v) is 5.12. The molecule has 0 aliphatic rings. The third kappa shape index (κ3) is 2.23. The van der Waals surface area contributed by atoms with E-state index in [2.05, 4.69) is 60.3 Å². The van der Waals surface area contributed by atoms with Gasteiger partial charge in [-0.3, -0.25) is 0 Å². The molecule has 3 nitrogen and oxygen atoms in total. The minimum atomic E-state index is 0.854. The minimum Gasteiger partial charge on any atom is -0.339 e. The summed E-state index contributed by atoms with van der Waals surface area (Å²) in [7, 11) is 0. The van der Waals surface area contributed by atoms with Crippen molar-refractivity contribution in [2.45, 2.75) is 20.8 Å². The molecule has 0 bridgehead atoms. The maximum absolute atomic E-state index is 4.39. The zero-order valence-electron chi connectivity index (χ0n) is 11.9. The summed E-state index contributed by atoms with van der Waals surface area (Å²) < 4.78 is 0. The molecule has 0 saturated heterocycles. The van der Waals surface area contributed by atoms with Gasteiger partial charge in [0.15, 0.2) is 0 Å². The van der Waals surface area contributed by atoms with E-state index in [4.69, 9.17) is 0 Å². The number of aryl methyl sites for hydroxylation is 3. The number of fused-ring (bicyclic) bond motifs is 1. The standard InChI is InChI=1S/C17H17N3/c1-11-6-4-5-7-15(11)20-17-14-8-12(2)13(3)9-16(14)18-10-19-17/h4-10H,1-3H3,(H,18,19,20). The number of rotatable bonds is 2. The predicted octanol–water partition coefficient (Wildman–Crippen LogP) is 4.30. The van der Waals surface area contributed by atoms with Crippen molar-refractivity contribution >= 4 is 22.4 Å². The van der Waals surface area contributed by atoms with Crippen LogP contribution in [0.1, 0.15) is 16.7 Å². The summed E-state index contributed by atoms with van der Waals surface area (Å²) in [6, 6.07) is 12.5. The molecule has 0 aliphatic heterocycles. The van der Waals surface area contributed by atoms with Crippen LogP contribution in [0, 0.1) is 20.8 Å². The lowest BCUT2D eigenvalue weighted by Crippen LogP contribution is -1.98. The fraction of sp³-hybridized carbons (Fsp3) is 0.176. The second kappa shape index (κ2) is 4.93. The number of anilines is 2. The lowest BCUT2D eigenvalue weighted by atomic mass is 10.1. The molecule has 3 heteroatoms. The SMILES string of the molecule is Cc1cc2ncnc(Nc3ccccc3C)c2cc1C. The highest BCUT2D eigenvalue weighted by Crippen LogP contribution is 2.26. The van der Waals surface area contributed by atoms with Crippen molar-refractivity contribution in [2.24, 2.45) is 0 Å². The maximum atomic E-state index is 4.39. The van der Waals surface area contributed by atoms with Crippen molar-refractivity contribution in [2.75, 3.05) is 5.32 Å². The van der Waals surface area contributed by atoms with E-state index in [1.54, 1.807) is 6.33 Å². The molecular formula is C17H17N3. The molecule has 3 aromatic rings. The zero-order chi connectivity index (χ0) is 14.1. The highest BCUT2D eigenvalue weighted by atomic mass is 15.0. The molecule has 0 spiro atoms. The summed E-state index contributed by atoms with van der Waals surface area (Å²) in [6.45, 7) is 6.30. The maximum Gasteiger partial charge on any atom is 0.141 e. The highest BCUT2D eigenvalue weighted by Gasteiger charge is 2.07. The Hall–Kier alpha value is -2.42. The Morgan fingerprint density at radius 1 is 0.850 bits per heavy atom. The van der Waals surface area contributed by atoms with Crippen molar-refractivity contribution in [3.63, 3.8) is 0 Å². The summed E-state index contributed by atoms with van der Waals surface area (Å²) in [5, 5.41) is 4.47. The van der Waals surface area contributed by atoms with Crippen molar-refractivity contribution < 1.29 is 0 Å². The van der Waals surface area contributed by atoms with Crippen molar-refractivity contribution in [3.8, 4) is 0 Å². The Morgan fingerprint density at radius 3 is 2.40 bits per heavy atom. The minimum absolute atomic E-state index is 0.854. The molecule has 20 heavy (non-hydrogen) atoms. The molecular weight excluding hydrogens is 246 g/mol. The number of aromatic nitrogens is 2. The Bertz CT molecular complexity index is 778. The zero-order valence-corrected chi connectivity index (χ0v) is 11.9. The van der Waals surface area contributed by atoms with Crippen LogP contribution in [0.25, 0.3) is 10.9 Å². The monoisotopic (exact) mass is 263 g/mol. The molecule has 0 aliphatic carbocycles. The molecule has 100 valence electrons. The fourth-order valence-corrected chi connectivity index (χ4v) is 2.26. The number of hydrogen-bond donors (Lipinski definition) is 1. The Kier molecular flexibility index (Phi) is 3.11. The van der Waals surface area contributed by atoms with E-state index in [-0.39, 0.29) is 0 Å². The van der Waals surface area contributed by atoms with Gasteiger partial charge in [-0.05, 0) is 55.7 Å². The molecule has 1 aromatic heterocycles. The van der Waals surface area contributed by atoms with Gasteiger partial charge in [0, 0.05) is 11.1 Å². The Balaban J connectivity index is 2.12. The topological polar surface area (TPSA) is 37.8 Å². The van der Waals surface area contributed by atoms with Crippen LogP contribution >= 0.6 is 0 Å². The van der Waals surface area contributed by atoms with Crippen molar-refractivity contribution in [1.82, 2.24) is 9.97 Å². The molecule has 0 unspecified atom stereocenters. The van der Waals surface area contributed by atoms with Crippen molar-refractivity contribution in [1.29, 1.82) is 0 Å². The Morgan fingerprint density at radius 2 is 1.60 bits per heavy atom. The van der Waals surface area contributed by atoms with Crippen LogP contribution in [0.5, 0.6) is 0 Å². The molecule has 0 amide bonds. The van der Waals surface area contributed by atoms with Gasteiger partial charge in [-0.1, -0.05) is 18.2 Å². The molecule has 0 atom stereocenters. The Labute approximate surface area is 118 Å². The van der Waals surface area contributed by atoms with E-state index in [1.165, 1.54) is 16.7 Å². The average molecular weight is 263 g/mol. The van der Waals surface area contributed by atoms with E-state index < -0.39 is 0 Å². The van der Waals surface area contributed by atoms with Crippen LogP contribution in [-0.4, -0.2) is 9.97 Å². The van der Waals surface area contributed by atoms with Gasteiger partial charge in [-0.2, -0.15) is 0 Å². The van der Waals surface area contributed by atoms with Gasteiger partial charge in [0.2, 0.25) is 0 Å². The van der Waals surface area contributed by atoms with Crippen LogP contribution in [0.2, 0.25) is 0 Å². The average Bonchev–Trinajstić information content (AvgIpc) is 2.43. The normalized spacial score (nSPS) is 10.8. The van der Waals surface area contributed by atoms with E-state index in [9.17, 15) is 0 Å². The molecule has 0 saturated carbocycles. The fourth-order valence-electron chi connectivity index (χ4n) is 2.26. The smallest absolute Gasteiger partial charge is 0.141 e. The summed E-state index contributed by atoms with van der Waals surface area (Å²) in [5.74, 6) is 0.854. The summed E-state index contributed by atoms with van der Waals surface area (Å²) >= 11 is 0. The summed E-state index contributed by atoms with van der Waals surface area (Å²) in [5.41, 5.74) is 5.74. The number of para-hydroxylation sites is 1. The number of hydrogen-bond acceptors (Lipinski definition) is 3. The quantitative estimate of drug-likeness (QED) is 0.749. The summed E-state index contributed by atoms with van der Waals surface area (Å²) in [4.78, 5) is 8.75. The second-order valence-electron chi connectivity index (χ2n) is 5.12. The number of nitrogens with one attached hydrogen (secondary N) is 1. The summed E-state index contributed by atoms with van der Waals surface area (Å²) in [6.07, 6.45) is 1.61. The van der Waals surface area contributed by atoms with Crippen LogP contribution < -0.4 is 5.32 Å². The van der Waals surface area contributed by atoms with Gasteiger partial charge >= 0.3 is 0 Å². The molecule has 0 fully saturated rings. The van der Waals surface area contributed by atoms with Gasteiger partial charge in [-0.25, -0.2) is 9.97 Å². The molecule has 0 radical (unpaired) electrons. The van der Waals surface area contributed by atoms with E-state index >= 15 is 0 Å². The largest absolute Gasteiger partial charge is 0.339 e. The molecule has 3 rings (SSSR count). The van der Waals surface area contributed by atoms with Crippen LogP contribution in [0.4, 0.5) is 11.5 Å². The first-order valence-corrected chi connectivity index (χ1v) is 6.70. The third-order valence-corrected chi connectivity index (χ3v) is 3.65. The molecule has 1 N–H and O–H groups in total. The van der Waals surface area contributed by atoms with Gasteiger partial charge < -0.3 is 5.32 Å².